The van der Waals surface area contributed by atoms with Crippen molar-refractivity contribution in [1.29, 1.82) is 0 Å². The molecule has 0 aliphatic heterocycles. The van der Waals surface area contributed by atoms with Gasteiger partial charge in [0, 0.05) is 5.02 Å². The van der Waals surface area contributed by atoms with Crippen LogP contribution in [0.5, 0.6) is 11.5 Å². The fourth-order valence-electron chi connectivity index (χ4n) is 2.36. The number of halogens is 2. The van der Waals surface area contributed by atoms with Crippen LogP contribution in [0.4, 0.5) is 0 Å². The molecule has 3 rings (SSSR count). The Morgan fingerprint density at radius 1 is 0.862 bits per heavy atom. The Kier molecular flexibility index (Phi) is 7.11. The summed E-state index contributed by atoms with van der Waals surface area (Å²) in [6.07, 6.45) is 0. The summed E-state index contributed by atoms with van der Waals surface area (Å²) in [4.78, 5) is 24.0. The third-order valence-electron chi connectivity index (χ3n) is 3.77. The van der Waals surface area contributed by atoms with Crippen molar-refractivity contribution in [1.82, 2.24) is 0 Å². The molecule has 0 bridgehead atoms. The summed E-state index contributed by atoms with van der Waals surface area (Å²) in [6.45, 7) is -0.150. The van der Waals surface area contributed by atoms with Gasteiger partial charge in [-0.1, -0.05) is 53.5 Å². The van der Waals surface area contributed by atoms with Crippen LogP contribution in [-0.4, -0.2) is 18.5 Å². The Morgan fingerprint density at radius 3 is 2.28 bits per heavy atom. The van der Waals surface area contributed by atoms with Crippen molar-refractivity contribution >= 4 is 35.1 Å². The van der Waals surface area contributed by atoms with Crippen LogP contribution in [0.15, 0.2) is 72.8 Å². The summed E-state index contributed by atoms with van der Waals surface area (Å²) < 4.78 is 15.8. The molecular weight excluding hydrogens is 415 g/mol. The number of ether oxygens (including phenoxy) is 3. The first-order valence-electron chi connectivity index (χ1n) is 8.61. The zero-order valence-electron chi connectivity index (χ0n) is 15.1. The number of benzene rings is 3. The predicted octanol–water partition coefficient (Wildman–Crippen LogP) is 5.33. The van der Waals surface area contributed by atoms with Crippen LogP contribution in [0.1, 0.15) is 15.9 Å². The number of hydrogen-bond donors (Lipinski definition) is 0. The van der Waals surface area contributed by atoms with Gasteiger partial charge < -0.3 is 14.2 Å². The van der Waals surface area contributed by atoms with Gasteiger partial charge in [-0.3, -0.25) is 0 Å². The molecule has 0 fully saturated rings. The monoisotopic (exact) mass is 430 g/mol. The lowest BCUT2D eigenvalue weighted by molar-refractivity contribution is -0.136. The minimum absolute atomic E-state index is 0.182. The molecule has 0 heterocycles. The normalized spacial score (nSPS) is 10.3. The largest absolute Gasteiger partial charge is 0.480 e. The summed E-state index contributed by atoms with van der Waals surface area (Å²) in [5.74, 6) is -0.479. The first-order valence-corrected chi connectivity index (χ1v) is 9.36. The lowest BCUT2D eigenvalue weighted by atomic mass is 10.2. The van der Waals surface area contributed by atoms with E-state index >= 15 is 0 Å². The van der Waals surface area contributed by atoms with Gasteiger partial charge in [-0.25, -0.2) is 9.59 Å². The zero-order chi connectivity index (χ0) is 20.6. The second-order valence-electron chi connectivity index (χ2n) is 5.92. The molecule has 0 amide bonds. The van der Waals surface area contributed by atoms with E-state index in [2.05, 4.69) is 0 Å². The highest BCUT2D eigenvalue weighted by atomic mass is 35.5. The second-order valence-corrected chi connectivity index (χ2v) is 6.77. The van der Waals surface area contributed by atoms with Crippen molar-refractivity contribution in [3.05, 3.63) is 94.0 Å². The maximum absolute atomic E-state index is 12.1. The first-order chi connectivity index (χ1) is 14.0. The van der Waals surface area contributed by atoms with Gasteiger partial charge in [-0.05, 0) is 48.0 Å². The molecular formula is C22H16Cl2O5. The van der Waals surface area contributed by atoms with E-state index in [9.17, 15) is 9.59 Å². The molecule has 7 heteroatoms. The first kappa shape index (κ1) is 20.7. The lowest BCUT2D eigenvalue weighted by Gasteiger charge is -2.09. The van der Waals surface area contributed by atoms with Crippen molar-refractivity contribution in [3.63, 3.8) is 0 Å². The molecule has 0 aliphatic carbocycles. The van der Waals surface area contributed by atoms with Gasteiger partial charge in [0.05, 0.1) is 10.6 Å². The van der Waals surface area contributed by atoms with Crippen molar-refractivity contribution in [3.8, 4) is 11.5 Å². The van der Waals surface area contributed by atoms with Gasteiger partial charge in [-0.15, -0.1) is 0 Å². The quantitative estimate of drug-likeness (QED) is 0.374. The Bertz CT molecular complexity index is 988. The SMILES string of the molecule is O=C(COc1ccc(Cl)cc1Cl)Oc1ccc(C(=O)OCc2ccccc2)cc1. The minimum atomic E-state index is -0.615. The molecule has 148 valence electrons. The average molecular weight is 431 g/mol. The average Bonchev–Trinajstić information content (AvgIpc) is 2.72. The molecule has 0 saturated carbocycles. The van der Waals surface area contributed by atoms with E-state index in [1.54, 1.807) is 12.1 Å². The lowest BCUT2D eigenvalue weighted by Crippen LogP contribution is -2.17. The minimum Gasteiger partial charge on any atom is -0.480 e. The van der Waals surface area contributed by atoms with Crippen molar-refractivity contribution in [2.75, 3.05) is 6.61 Å². The molecule has 0 N–H and O–H groups in total. The second kappa shape index (κ2) is 9.96. The smallest absolute Gasteiger partial charge is 0.349 e. The molecule has 3 aromatic carbocycles. The molecule has 0 saturated heterocycles. The van der Waals surface area contributed by atoms with Crippen LogP contribution in [0.2, 0.25) is 10.0 Å². The van der Waals surface area contributed by atoms with Crippen molar-refractivity contribution < 1.29 is 23.8 Å². The Morgan fingerprint density at radius 2 is 1.59 bits per heavy atom. The highest BCUT2D eigenvalue weighted by molar-refractivity contribution is 6.35. The highest BCUT2D eigenvalue weighted by Gasteiger charge is 2.11. The standard InChI is InChI=1S/C22H16Cl2O5/c23-17-8-11-20(19(24)12-17)27-14-21(25)29-18-9-6-16(7-10-18)22(26)28-13-15-4-2-1-3-5-15/h1-12H,13-14H2. The molecule has 0 atom stereocenters. The van der Waals surface area contributed by atoms with Gasteiger partial charge in [0.1, 0.15) is 18.1 Å². The van der Waals surface area contributed by atoms with E-state index in [4.69, 9.17) is 37.4 Å². The van der Waals surface area contributed by atoms with Crippen LogP contribution in [0, 0.1) is 0 Å². The van der Waals surface area contributed by atoms with Gasteiger partial charge in [0.25, 0.3) is 0 Å². The molecule has 0 spiro atoms. The van der Waals surface area contributed by atoms with E-state index in [-0.39, 0.29) is 19.0 Å². The van der Waals surface area contributed by atoms with Crippen molar-refractivity contribution in [2.24, 2.45) is 0 Å². The summed E-state index contributed by atoms with van der Waals surface area (Å²) in [5.41, 5.74) is 1.25. The van der Waals surface area contributed by atoms with Gasteiger partial charge in [-0.2, -0.15) is 0 Å². The third-order valence-corrected chi connectivity index (χ3v) is 4.30. The molecule has 0 radical (unpaired) electrons. The van der Waals surface area contributed by atoms with E-state index < -0.39 is 11.9 Å². The Labute approximate surface area is 177 Å². The number of carbonyl (C=O) groups is 2. The zero-order valence-corrected chi connectivity index (χ0v) is 16.7. The van der Waals surface area contributed by atoms with E-state index in [0.29, 0.717) is 21.4 Å². The fraction of sp³-hybridized carbons (Fsp3) is 0.0909. The van der Waals surface area contributed by atoms with Crippen LogP contribution in [-0.2, 0) is 16.1 Å². The fourth-order valence-corrected chi connectivity index (χ4v) is 2.82. The molecule has 29 heavy (non-hydrogen) atoms. The number of hydrogen-bond acceptors (Lipinski definition) is 5. The predicted molar refractivity (Wildman–Crippen MR) is 110 cm³/mol. The van der Waals surface area contributed by atoms with Gasteiger partial charge in [0.15, 0.2) is 6.61 Å². The van der Waals surface area contributed by atoms with Crippen LogP contribution < -0.4 is 9.47 Å². The van der Waals surface area contributed by atoms with E-state index in [1.807, 2.05) is 30.3 Å². The Hall–Kier alpha value is -3.02. The number of carbonyl (C=O) groups excluding carboxylic acids is 2. The van der Waals surface area contributed by atoms with E-state index in [1.165, 1.54) is 30.3 Å². The van der Waals surface area contributed by atoms with Crippen LogP contribution in [0.25, 0.3) is 0 Å². The molecule has 3 aromatic rings. The maximum Gasteiger partial charge on any atom is 0.349 e. The third kappa shape index (κ3) is 6.24. The number of esters is 2. The highest BCUT2D eigenvalue weighted by Crippen LogP contribution is 2.27. The summed E-state index contributed by atoms with van der Waals surface area (Å²) >= 11 is 11.8. The van der Waals surface area contributed by atoms with Gasteiger partial charge in [0.2, 0.25) is 0 Å². The molecule has 0 aromatic heterocycles. The topological polar surface area (TPSA) is 61.8 Å². The molecule has 0 aliphatic rings. The van der Waals surface area contributed by atoms with Crippen LogP contribution in [0.3, 0.4) is 0 Å². The molecule has 0 unspecified atom stereocenters. The summed E-state index contributed by atoms with van der Waals surface area (Å²) in [6, 6.07) is 20.1. The summed E-state index contributed by atoms with van der Waals surface area (Å²) in [7, 11) is 0. The number of rotatable bonds is 7. The Balaban J connectivity index is 1.49. The summed E-state index contributed by atoms with van der Waals surface area (Å²) in [5, 5.41) is 0.760. The van der Waals surface area contributed by atoms with Crippen molar-refractivity contribution in [2.45, 2.75) is 6.61 Å². The maximum atomic E-state index is 12.1. The van der Waals surface area contributed by atoms with Gasteiger partial charge >= 0.3 is 11.9 Å². The molecule has 5 nitrogen and oxygen atoms in total. The van der Waals surface area contributed by atoms with E-state index in [0.717, 1.165) is 5.56 Å². The van der Waals surface area contributed by atoms with Crippen LogP contribution >= 0.6 is 23.2 Å².